The van der Waals surface area contributed by atoms with E-state index in [1.54, 1.807) is 25.1 Å². The van der Waals surface area contributed by atoms with Crippen LogP contribution in [0.5, 0.6) is 5.75 Å². The molecule has 0 fully saturated rings. The first-order chi connectivity index (χ1) is 9.83. The third-order valence-electron chi connectivity index (χ3n) is 2.71. The summed E-state index contributed by atoms with van der Waals surface area (Å²) in [6.07, 6.45) is 4.68. The lowest BCUT2D eigenvalue weighted by molar-refractivity contribution is 0.405. The summed E-state index contributed by atoms with van der Waals surface area (Å²) in [5.74, 6) is 2.51. The molecule has 5 heteroatoms. The van der Waals surface area contributed by atoms with Gasteiger partial charge in [0.1, 0.15) is 11.6 Å². The second-order valence-corrected chi connectivity index (χ2v) is 5.28. The number of ether oxygens (including phenoxy) is 1. The van der Waals surface area contributed by atoms with E-state index in [0.717, 1.165) is 40.9 Å². The molecule has 0 radical (unpaired) electrons. The quantitative estimate of drug-likeness (QED) is 0.789. The number of para-hydroxylation sites is 1. The Balaban J connectivity index is 1.93. The standard InChI is InChI=1S/C15H19N3OS/c1-3-8-16-15-10-17-12(9-18-15)11-20-14-7-5-4-6-13(14)19-2/h4-7,9-10H,3,8,11H2,1-2H3,(H,16,18). The molecule has 0 spiro atoms. The Morgan fingerprint density at radius 2 is 2.05 bits per heavy atom. The zero-order chi connectivity index (χ0) is 14.2. The summed E-state index contributed by atoms with van der Waals surface area (Å²) in [7, 11) is 1.69. The Hall–Kier alpha value is -1.75. The molecule has 0 bridgehead atoms. The second kappa shape index (κ2) is 7.75. The van der Waals surface area contributed by atoms with Crippen LogP contribution in [0.25, 0.3) is 0 Å². The maximum Gasteiger partial charge on any atom is 0.144 e. The molecule has 0 atom stereocenters. The van der Waals surface area contributed by atoms with Gasteiger partial charge >= 0.3 is 0 Å². The second-order valence-electron chi connectivity index (χ2n) is 4.26. The van der Waals surface area contributed by atoms with Gasteiger partial charge in [-0.25, -0.2) is 4.98 Å². The largest absolute Gasteiger partial charge is 0.496 e. The van der Waals surface area contributed by atoms with E-state index in [0.29, 0.717) is 0 Å². The van der Waals surface area contributed by atoms with Gasteiger partial charge in [-0.1, -0.05) is 19.1 Å². The molecule has 1 N–H and O–H groups in total. The molecule has 0 aliphatic heterocycles. The van der Waals surface area contributed by atoms with Gasteiger partial charge in [0, 0.05) is 17.2 Å². The molecule has 4 nitrogen and oxygen atoms in total. The molecule has 0 saturated carbocycles. The minimum absolute atomic E-state index is 0.779. The van der Waals surface area contributed by atoms with Crippen molar-refractivity contribution in [1.82, 2.24) is 9.97 Å². The summed E-state index contributed by atoms with van der Waals surface area (Å²) in [6, 6.07) is 7.99. The molecule has 106 valence electrons. The molecule has 1 aromatic heterocycles. The fourth-order valence-electron chi connectivity index (χ4n) is 1.66. The maximum absolute atomic E-state index is 5.33. The van der Waals surface area contributed by atoms with Crippen LogP contribution < -0.4 is 10.1 Å². The van der Waals surface area contributed by atoms with Crippen LogP contribution in [-0.4, -0.2) is 23.6 Å². The van der Waals surface area contributed by atoms with Crippen molar-refractivity contribution >= 4 is 17.6 Å². The van der Waals surface area contributed by atoms with Gasteiger partial charge in [-0.3, -0.25) is 4.98 Å². The van der Waals surface area contributed by atoms with E-state index in [1.165, 1.54) is 0 Å². The summed E-state index contributed by atoms with van der Waals surface area (Å²) in [5.41, 5.74) is 0.961. The number of nitrogens with zero attached hydrogens (tertiary/aromatic N) is 2. The zero-order valence-electron chi connectivity index (χ0n) is 11.8. The van der Waals surface area contributed by atoms with Gasteiger partial charge in [0.2, 0.25) is 0 Å². The maximum atomic E-state index is 5.33. The lowest BCUT2D eigenvalue weighted by Crippen LogP contribution is -2.02. The Morgan fingerprint density at radius 3 is 2.75 bits per heavy atom. The minimum atomic E-state index is 0.779. The highest BCUT2D eigenvalue weighted by molar-refractivity contribution is 7.98. The topological polar surface area (TPSA) is 47.0 Å². The Bertz CT molecular complexity index is 531. The van der Waals surface area contributed by atoms with Gasteiger partial charge in [-0.15, -0.1) is 11.8 Å². The van der Waals surface area contributed by atoms with Crippen LogP contribution in [0.3, 0.4) is 0 Å². The third-order valence-corrected chi connectivity index (χ3v) is 3.79. The summed E-state index contributed by atoms with van der Waals surface area (Å²) >= 11 is 1.70. The summed E-state index contributed by atoms with van der Waals surface area (Å²) in [5, 5.41) is 3.21. The van der Waals surface area contributed by atoms with Crippen molar-refractivity contribution in [3.05, 3.63) is 42.4 Å². The van der Waals surface area contributed by atoms with E-state index in [2.05, 4.69) is 22.2 Å². The first-order valence-corrected chi connectivity index (χ1v) is 7.62. The molecule has 20 heavy (non-hydrogen) atoms. The van der Waals surface area contributed by atoms with E-state index >= 15 is 0 Å². The van der Waals surface area contributed by atoms with Crippen LogP contribution in [0, 0.1) is 0 Å². The molecule has 1 aromatic carbocycles. The third kappa shape index (κ3) is 4.13. The van der Waals surface area contributed by atoms with Gasteiger partial charge in [-0.2, -0.15) is 0 Å². The number of hydrogen-bond acceptors (Lipinski definition) is 5. The number of methoxy groups -OCH3 is 1. The number of aromatic nitrogens is 2. The van der Waals surface area contributed by atoms with Crippen molar-refractivity contribution in [2.45, 2.75) is 24.0 Å². The molecule has 0 saturated heterocycles. The first kappa shape index (κ1) is 14.7. The molecular weight excluding hydrogens is 270 g/mol. The average molecular weight is 289 g/mol. The lowest BCUT2D eigenvalue weighted by Gasteiger charge is -2.07. The van der Waals surface area contributed by atoms with E-state index in [1.807, 2.05) is 30.5 Å². The van der Waals surface area contributed by atoms with E-state index in [-0.39, 0.29) is 0 Å². The number of anilines is 1. The van der Waals surface area contributed by atoms with Crippen molar-refractivity contribution in [2.75, 3.05) is 19.0 Å². The average Bonchev–Trinajstić information content (AvgIpc) is 2.52. The van der Waals surface area contributed by atoms with Crippen molar-refractivity contribution in [1.29, 1.82) is 0 Å². The Morgan fingerprint density at radius 1 is 1.20 bits per heavy atom. The summed E-state index contributed by atoms with van der Waals surface area (Å²) in [6.45, 7) is 3.04. The number of benzene rings is 1. The molecule has 2 aromatic rings. The monoisotopic (exact) mass is 289 g/mol. The molecule has 0 aliphatic rings. The molecular formula is C15H19N3OS. The Kier molecular flexibility index (Phi) is 5.68. The van der Waals surface area contributed by atoms with Crippen LogP contribution in [0.1, 0.15) is 19.0 Å². The van der Waals surface area contributed by atoms with E-state index in [9.17, 15) is 0 Å². The summed E-state index contributed by atoms with van der Waals surface area (Å²) < 4.78 is 5.33. The van der Waals surface area contributed by atoms with Crippen LogP contribution in [0.15, 0.2) is 41.6 Å². The van der Waals surface area contributed by atoms with E-state index < -0.39 is 0 Å². The smallest absolute Gasteiger partial charge is 0.144 e. The van der Waals surface area contributed by atoms with Crippen molar-refractivity contribution in [2.24, 2.45) is 0 Å². The predicted octanol–water partition coefficient (Wildman–Crippen LogP) is 3.60. The first-order valence-electron chi connectivity index (χ1n) is 6.64. The highest BCUT2D eigenvalue weighted by atomic mass is 32.2. The van der Waals surface area contributed by atoms with Gasteiger partial charge in [0.05, 0.1) is 25.2 Å². The number of thioether (sulfide) groups is 1. The SMILES string of the molecule is CCCNc1cnc(CSc2ccccc2OC)cn1. The van der Waals surface area contributed by atoms with Crippen molar-refractivity contribution in [3.8, 4) is 5.75 Å². The van der Waals surface area contributed by atoms with Crippen LogP contribution in [0.4, 0.5) is 5.82 Å². The molecule has 0 unspecified atom stereocenters. The highest BCUT2D eigenvalue weighted by Crippen LogP contribution is 2.30. The van der Waals surface area contributed by atoms with Crippen LogP contribution >= 0.6 is 11.8 Å². The van der Waals surface area contributed by atoms with Gasteiger partial charge in [-0.05, 0) is 18.6 Å². The van der Waals surface area contributed by atoms with Crippen molar-refractivity contribution in [3.63, 3.8) is 0 Å². The van der Waals surface area contributed by atoms with Crippen molar-refractivity contribution < 1.29 is 4.74 Å². The van der Waals surface area contributed by atoms with Gasteiger partial charge in [0.25, 0.3) is 0 Å². The Labute approximate surface area is 124 Å². The van der Waals surface area contributed by atoms with Crippen LogP contribution in [0.2, 0.25) is 0 Å². The lowest BCUT2D eigenvalue weighted by atomic mass is 10.3. The molecule has 0 aliphatic carbocycles. The molecule has 0 amide bonds. The number of rotatable bonds is 7. The predicted molar refractivity (Wildman–Crippen MR) is 83.4 cm³/mol. The zero-order valence-corrected chi connectivity index (χ0v) is 12.6. The normalized spacial score (nSPS) is 10.3. The summed E-state index contributed by atoms with van der Waals surface area (Å²) in [4.78, 5) is 9.88. The highest BCUT2D eigenvalue weighted by Gasteiger charge is 2.04. The minimum Gasteiger partial charge on any atom is -0.496 e. The molecule has 2 rings (SSSR count). The van der Waals surface area contributed by atoms with E-state index in [4.69, 9.17) is 4.74 Å². The number of nitrogens with one attached hydrogen (secondary N) is 1. The van der Waals surface area contributed by atoms with Crippen LogP contribution in [-0.2, 0) is 5.75 Å². The number of hydrogen-bond donors (Lipinski definition) is 1. The fourth-order valence-corrected chi connectivity index (χ4v) is 2.58. The molecule has 1 heterocycles. The fraction of sp³-hybridized carbons (Fsp3) is 0.333. The van der Waals surface area contributed by atoms with Gasteiger partial charge < -0.3 is 10.1 Å². The van der Waals surface area contributed by atoms with Gasteiger partial charge in [0.15, 0.2) is 0 Å².